The maximum absolute atomic E-state index is 5.96. The molecule has 1 saturated carbocycles. The van der Waals surface area contributed by atoms with Crippen molar-refractivity contribution < 1.29 is 4.74 Å². The Balaban J connectivity index is 1.98. The van der Waals surface area contributed by atoms with Crippen LogP contribution < -0.4 is 10.1 Å². The summed E-state index contributed by atoms with van der Waals surface area (Å²) < 4.78 is 5.96. The van der Waals surface area contributed by atoms with Crippen LogP contribution in [-0.2, 0) is 6.42 Å². The lowest BCUT2D eigenvalue weighted by Crippen LogP contribution is -2.29. The zero-order valence-electron chi connectivity index (χ0n) is 11.5. The summed E-state index contributed by atoms with van der Waals surface area (Å²) in [4.78, 5) is 0. The van der Waals surface area contributed by atoms with Gasteiger partial charge in [-0.1, -0.05) is 32.0 Å². The highest BCUT2D eigenvalue weighted by Gasteiger charge is 2.46. The zero-order chi connectivity index (χ0) is 12.6. The van der Waals surface area contributed by atoms with Crippen molar-refractivity contribution in [2.75, 3.05) is 13.2 Å². The first kappa shape index (κ1) is 12.0. The van der Waals surface area contributed by atoms with Crippen molar-refractivity contribution in [3.05, 3.63) is 29.3 Å². The van der Waals surface area contributed by atoms with Gasteiger partial charge in [0.1, 0.15) is 5.75 Å². The van der Waals surface area contributed by atoms with Gasteiger partial charge in [-0.05, 0) is 43.2 Å². The maximum Gasteiger partial charge on any atom is 0.127 e. The molecule has 1 N–H and O–H groups in total. The Hall–Kier alpha value is -1.02. The van der Waals surface area contributed by atoms with Crippen LogP contribution in [0.2, 0.25) is 0 Å². The Bertz CT molecular complexity index is 437. The summed E-state index contributed by atoms with van der Waals surface area (Å²) in [6.07, 6.45) is 4.97. The van der Waals surface area contributed by atoms with E-state index in [1.807, 2.05) is 0 Å². The van der Waals surface area contributed by atoms with Gasteiger partial charge in [-0.3, -0.25) is 0 Å². The normalized spacial score (nSPS) is 21.9. The van der Waals surface area contributed by atoms with Crippen LogP contribution in [0.5, 0.6) is 5.75 Å². The molecule has 0 saturated heterocycles. The van der Waals surface area contributed by atoms with Gasteiger partial charge in [-0.2, -0.15) is 0 Å². The van der Waals surface area contributed by atoms with Gasteiger partial charge in [0.25, 0.3) is 0 Å². The first-order valence-corrected chi connectivity index (χ1v) is 7.22. The molecule has 1 aliphatic carbocycles. The SMILES string of the molecule is CCNC(c1cccc2c1OCCC2)C1(C)CC1. The fourth-order valence-electron chi connectivity index (χ4n) is 3.06. The van der Waals surface area contributed by atoms with E-state index in [2.05, 4.69) is 37.4 Å². The molecule has 1 atom stereocenters. The highest BCUT2D eigenvalue weighted by molar-refractivity contribution is 5.45. The number of fused-ring (bicyclic) bond motifs is 1. The average Bonchev–Trinajstić information content (AvgIpc) is 3.14. The minimum atomic E-state index is 0.436. The van der Waals surface area contributed by atoms with Crippen LogP contribution >= 0.6 is 0 Å². The predicted octanol–water partition coefficient (Wildman–Crippen LogP) is 3.46. The topological polar surface area (TPSA) is 21.3 Å². The maximum atomic E-state index is 5.96. The summed E-state index contributed by atoms with van der Waals surface area (Å²) in [5.74, 6) is 1.17. The molecule has 1 aromatic rings. The van der Waals surface area contributed by atoms with Crippen molar-refractivity contribution in [1.29, 1.82) is 0 Å². The van der Waals surface area contributed by atoms with Crippen LogP contribution in [0.15, 0.2) is 18.2 Å². The van der Waals surface area contributed by atoms with Gasteiger partial charge in [-0.25, -0.2) is 0 Å². The highest BCUT2D eigenvalue weighted by Crippen LogP contribution is 2.56. The van der Waals surface area contributed by atoms with Crippen molar-refractivity contribution in [3.8, 4) is 5.75 Å². The van der Waals surface area contributed by atoms with E-state index in [0.717, 1.165) is 19.6 Å². The van der Waals surface area contributed by atoms with E-state index < -0.39 is 0 Å². The number of hydrogen-bond acceptors (Lipinski definition) is 2. The molecule has 2 nitrogen and oxygen atoms in total. The number of aryl methyl sites for hydroxylation is 1. The monoisotopic (exact) mass is 245 g/mol. The summed E-state index contributed by atoms with van der Waals surface area (Å²) in [6, 6.07) is 7.12. The van der Waals surface area contributed by atoms with Gasteiger partial charge < -0.3 is 10.1 Å². The molecule has 2 heteroatoms. The zero-order valence-corrected chi connectivity index (χ0v) is 11.5. The summed E-state index contributed by atoms with van der Waals surface area (Å²) in [6.45, 7) is 6.47. The molecule has 0 spiro atoms. The molecule has 1 unspecified atom stereocenters. The summed E-state index contributed by atoms with van der Waals surface area (Å²) >= 11 is 0. The average molecular weight is 245 g/mol. The van der Waals surface area contributed by atoms with Crippen molar-refractivity contribution in [3.63, 3.8) is 0 Å². The number of hydrogen-bond donors (Lipinski definition) is 1. The smallest absolute Gasteiger partial charge is 0.127 e. The molecule has 0 bridgehead atoms. The molecular weight excluding hydrogens is 222 g/mol. The van der Waals surface area contributed by atoms with Crippen molar-refractivity contribution in [2.24, 2.45) is 5.41 Å². The summed E-state index contributed by atoms with van der Waals surface area (Å²) in [7, 11) is 0. The standard InChI is InChI=1S/C16H23NO/c1-3-17-15(16(2)9-10-16)13-8-4-6-12-7-5-11-18-14(12)13/h4,6,8,15,17H,3,5,7,9-11H2,1-2H3. The Kier molecular flexibility index (Phi) is 3.06. The van der Waals surface area contributed by atoms with Gasteiger partial charge in [0, 0.05) is 11.6 Å². The van der Waals surface area contributed by atoms with E-state index in [-0.39, 0.29) is 0 Å². The van der Waals surface area contributed by atoms with Gasteiger partial charge >= 0.3 is 0 Å². The molecule has 1 fully saturated rings. The number of nitrogens with one attached hydrogen (secondary N) is 1. The first-order valence-electron chi connectivity index (χ1n) is 7.22. The second-order valence-corrected chi connectivity index (χ2v) is 5.93. The van der Waals surface area contributed by atoms with E-state index >= 15 is 0 Å². The Labute approximate surface area is 110 Å². The number of para-hydroxylation sites is 1. The van der Waals surface area contributed by atoms with Gasteiger partial charge in [-0.15, -0.1) is 0 Å². The highest BCUT2D eigenvalue weighted by atomic mass is 16.5. The lowest BCUT2D eigenvalue weighted by Gasteiger charge is -2.29. The predicted molar refractivity (Wildman–Crippen MR) is 74.0 cm³/mol. The van der Waals surface area contributed by atoms with Crippen LogP contribution in [0.25, 0.3) is 0 Å². The van der Waals surface area contributed by atoms with Crippen molar-refractivity contribution in [1.82, 2.24) is 5.32 Å². The van der Waals surface area contributed by atoms with E-state index in [1.54, 1.807) is 0 Å². The number of rotatable bonds is 4. The quantitative estimate of drug-likeness (QED) is 0.877. The van der Waals surface area contributed by atoms with Crippen molar-refractivity contribution in [2.45, 2.75) is 45.6 Å². The lowest BCUT2D eigenvalue weighted by molar-refractivity contribution is 0.273. The van der Waals surface area contributed by atoms with Crippen LogP contribution in [-0.4, -0.2) is 13.2 Å². The number of ether oxygens (including phenoxy) is 1. The van der Waals surface area contributed by atoms with Gasteiger partial charge in [0.15, 0.2) is 0 Å². The Morgan fingerprint density at radius 2 is 2.22 bits per heavy atom. The van der Waals surface area contributed by atoms with Crippen LogP contribution in [0.4, 0.5) is 0 Å². The van der Waals surface area contributed by atoms with Crippen LogP contribution in [0.1, 0.15) is 50.3 Å². The second-order valence-electron chi connectivity index (χ2n) is 5.93. The second kappa shape index (κ2) is 4.58. The molecule has 0 aromatic heterocycles. The molecule has 0 radical (unpaired) electrons. The molecular formula is C16H23NO. The third kappa shape index (κ3) is 2.03. The molecule has 2 aliphatic rings. The molecule has 98 valence electrons. The third-order valence-corrected chi connectivity index (χ3v) is 4.42. The molecule has 1 heterocycles. The van der Waals surface area contributed by atoms with E-state index in [9.17, 15) is 0 Å². The van der Waals surface area contributed by atoms with Gasteiger partial charge in [0.05, 0.1) is 6.61 Å². The summed E-state index contributed by atoms with van der Waals surface area (Å²) in [5, 5.41) is 3.67. The third-order valence-electron chi connectivity index (χ3n) is 4.42. The van der Waals surface area contributed by atoms with E-state index in [0.29, 0.717) is 11.5 Å². The fraction of sp³-hybridized carbons (Fsp3) is 0.625. The molecule has 0 amide bonds. The Morgan fingerprint density at radius 1 is 1.39 bits per heavy atom. The van der Waals surface area contributed by atoms with Crippen LogP contribution in [0.3, 0.4) is 0 Å². The fourth-order valence-corrected chi connectivity index (χ4v) is 3.06. The van der Waals surface area contributed by atoms with Gasteiger partial charge in [0.2, 0.25) is 0 Å². The molecule has 1 aromatic carbocycles. The number of benzene rings is 1. The van der Waals surface area contributed by atoms with E-state index in [4.69, 9.17) is 4.74 Å². The molecule has 18 heavy (non-hydrogen) atoms. The lowest BCUT2D eigenvalue weighted by atomic mass is 9.88. The summed E-state index contributed by atoms with van der Waals surface area (Å²) in [5.41, 5.74) is 3.21. The largest absolute Gasteiger partial charge is 0.493 e. The van der Waals surface area contributed by atoms with Crippen LogP contribution in [0, 0.1) is 5.41 Å². The first-order chi connectivity index (χ1) is 8.74. The van der Waals surface area contributed by atoms with E-state index in [1.165, 1.54) is 36.1 Å². The minimum absolute atomic E-state index is 0.436. The van der Waals surface area contributed by atoms with Crippen molar-refractivity contribution >= 4 is 0 Å². The molecule has 3 rings (SSSR count). The Morgan fingerprint density at radius 3 is 2.94 bits per heavy atom. The minimum Gasteiger partial charge on any atom is -0.493 e. The molecule has 1 aliphatic heterocycles.